The molecule has 0 aromatic heterocycles. The zero-order valence-corrected chi connectivity index (χ0v) is 12.6. The smallest absolute Gasteiger partial charge is 0.475 e. The summed E-state index contributed by atoms with van der Waals surface area (Å²) in [6.45, 7) is 0.614. The monoisotopic (exact) mass is 374 g/mol. The Labute approximate surface area is 132 Å². The third kappa shape index (κ3) is 10.8. The predicted molar refractivity (Wildman–Crippen MR) is 69.1 cm³/mol. The van der Waals surface area contributed by atoms with Crippen LogP contribution in [0.2, 0.25) is 0 Å². The van der Waals surface area contributed by atoms with E-state index in [9.17, 15) is 18.0 Å². The van der Waals surface area contributed by atoms with E-state index in [1.165, 1.54) is 0 Å². The van der Waals surface area contributed by atoms with Crippen LogP contribution in [0.1, 0.15) is 12.8 Å². The fraction of sp³-hybridized carbons (Fsp3) is 0.778. The number of halogens is 6. The van der Waals surface area contributed by atoms with E-state index in [4.69, 9.17) is 49.4 Å². The molecule has 1 rings (SSSR count). The zero-order valence-electron chi connectivity index (χ0n) is 10.3. The zero-order chi connectivity index (χ0) is 16.7. The van der Waals surface area contributed by atoms with E-state index in [1.54, 1.807) is 0 Å². The highest BCUT2D eigenvalue weighted by Crippen LogP contribution is 2.26. The molecule has 0 radical (unpaired) electrons. The van der Waals surface area contributed by atoms with Gasteiger partial charge in [0.1, 0.15) is 12.6 Å². The van der Waals surface area contributed by atoms with Crippen LogP contribution < -0.4 is 10.9 Å². The van der Waals surface area contributed by atoms with Gasteiger partial charge in [0.2, 0.25) is 3.79 Å². The van der Waals surface area contributed by atoms with Crippen molar-refractivity contribution in [3.05, 3.63) is 0 Å². The number of hydrogen-bond acceptors (Lipinski definition) is 5. The molecule has 0 saturated carbocycles. The van der Waals surface area contributed by atoms with E-state index in [1.807, 2.05) is 0 Å². The number of carboxylic acids is 1. The maximum atomic E-state index is 11.3. The van der Waals surface area contributed by atoms with Crippen LogP contribution in [-0.2, 0) is 14.3 Å². The molecule has 0 aromatic carbocycles. The molecule has 0 aliphatic carbocycles. The topological polar surface area (TPSA) is 87.7 Å². The highest BCUT2D eigenvalue weighted by atomic mass is 35.6. The number of carboxylic acid groups (broad SMARTS) is 1. The number of nitrogens with one attached hydrogen (secondary N) is 2. The average Bonchev–Trinajstić information content (AvgIpc) is 2.35. The van der Waals surface area contributed by atoms with Crippen LogP contribution >= 0.6 is 34.8 Å². The highest BCUT2D eigenvalue weighted by molar-refractivity contribution is 6.67. The van der Waals surface area contributed by atoms with Gasteiger partial charge in [0, 0.05) is 6.54 Å². The molecule has 0 amide bonds. The number of aliphatic carboxylic acids is 1. The van der Waals surface area contributed by atoms with E-state index >= 15 is 0 Å². The second kappa shape index (κ2) is 8.84. The number of carbonyl (C=O) groups is 2. The van der Waals surface area contributed by atoms with Gasteiger partial charge in [0.05, 0.1) is 0 Å². The highest BCUT2D eigenvalue weighted by Gasteiger charge is 2.38. The molecule has 1 aliphatic rings. The van der Waals surface area contributed by atoms with E-state index in [-0.39, 0.29) is 12.6 Å². The number of carbonyl (C=O) groups excluding carboxylic acids is 1. The molecule has 0 bridgehead atoms. The maximum Gasteiger partial charge on any atom is 0.490 e. The summed E-state index contributed by atoms with van der Waals surface area (Å²) in [4.78, 5) is 20.2. The first kappa shape index (κ1) is 20.5. The van der Waals surface area contributed by atoms with Crippen LogP contribution in [0.4, 0.5) is 13.2 Å². The van der Waals surface area contributed by atoms with Crippen LogP contribution in [0.25, 0.3) is 0 Å². The van der Waals surface area contributed by atoms with Gasteiger partial charge in [-0.3, -0.25) is 10.2 Å². The van der Waals surface area contributed by atoms with E-state index in [0.717, 1.165) is 19.4 Å². The first-order chi connectivity index (χ1) is 9.43. The summed E-state index contributed by atoms with van der Waals surface area (Å²) in [5, 5.41) is 7.12. The van der Waals surface area contributed by atoms with Crippen LogP contribution in [-0.4, -0.2) is 46.2 Å². The number of rotatable bonds is 2. The minimum atomic E-state index is -5.08. The Balaban J connectivity index is 0.000000486. The standard InChI is InChI=1S/C7H11Cl3N2O2.C2HF3O2/c8-7(9,10)4-14-6(13)5-2-1-3-11-12-5;3-2(4,5)1(6)7/h5,11-12H,1-4H2;(H,6,7)/t5-;/m0./s1. The quantitative estimate of drug-likeness (QED) is 0.504. The number of esters is 1. The summed E-state index contributed by atoms with van der Waals surface area (Å²) in [5.74, 6) is -3.16. The molecule has 124 valence electrons. The van der Waals surface area contributed by atoms with Crippen LogP contribution in [0.5, 0.6) is 0 Å². The normalized spacial score (nSPS) is 19.2. The minimum Gasteiger partial charge on any atom is -0.475 e. The molecule has 3 N–H and O–H groups in total. The van der Waals surface area contributed by atoms with Crippen LogP contribution in [0.3, 0.4) is 0 Å². The maximum absolute atomic E-state index is 11.3. The second-order valence-electron chi connectivity index (χ2n) is 3.79. The molecule has 1 saturated heterocycles. The summed E-state index contributed by atoms with van der Waals surface area (Å²) in [7, 11) is 0. The lowest BCUT2D eigenvalue weighted by Gasteiger charge is -2.23. The van der Waals surface area contributed by atoms with E-state index < -0.39 is 21.9 Å². The largest absolute Gasteiger partial charge is 0.490 e. The number of hydrogen-bond donors (Lipinski definition) is 3. The molecule has 0 spiro atoms. The van der Waals surface area contributed by atoms with Gasteiger partial charge in [0.15, 0.2) is 0 Å². The van der Waals surface area contributed by atoms with E-state index in [0.29, 0.717) is 0 Å². The van der Waals surface area contributed by atoms with Gasteiger partial charge in [-0.1, -0.05) is 34.8 Å². The van der Waals surface area contributed by atoms with Gasteiger partial charge >= 0.3 is 18.1 Å². The molecule has 21 heavy (non-hydrogen) atoms. The third-order valence-corrected chi connectivity index (χ3v) is 2.30. The van der Waals surface area contributed by atoms with Crippen LogP contribution in [0, 0.1) is 0 Å². The molecular formula is C9H12Cl3F3N2O4. The molecule has 12 heteroatoms. The van der Waals surface area contributed by atoms with Gasteiger partial charge in [-0.25, -0.2) is 10.2 Å². The van der Waals surface area contributed by atoms with Crippen molar-refractivity contribution in [2.24, 2.45) is 0 Å². The average molecular weight is 376 g/mol. The molecule has 1 heterocycles. The molecule has 1 fully saturated rings. The van der Waals surface area contributed by atoms with Crippen LogP contribution in [0.15, 0.2) is 0 Å². The fourth-order valence-corrected chi connectivity index (χ4v) is 1.26. The Hall–Kier alpha value is -0.480. The number of hydrazine groups is 1. The number of alkyl halides is 6. The first-order valence-electron chi connectivity index (χ1n) is 5.45. The molecule has 0 aromatic rings. The van der Waals surface area contributed by atoms with Crippen molar-refractivity contribution in [2.45, 2.75) is 28.9 Å². The summed E-state index contributed by atoms with van der Waals surface area (Å²) >= 11 is 16.3. The Morgan fingerprint density at radius 3 is 2.14 bits per heavy atom. The van der Waals surface area contributed by atoms with Gasteiger partial charge in [-0.05, 0) is 12.8 Å². The fourth-order valence-electron chi connectivity index (χ4n) is 1.09. The summed E-state index contributed by atoms with van der Waals surface area (Å²) in [6.07, 6.45) is -3.44. The summed E-state index contributed by atoms with van der Waals surface area (Å²) in [5.41, 5.74) is 5.66. The summed E-state index contributed by atoms with van der Waals surface area (Å²) < 4.78 is 35.0. The van der Waals surface area contributed by atoms with Crippen molar-refractivity contribution in [1.82, 2.24) is 10.9 Å². The van der Waals surface area contributed by atoms with Gasteiger partial charge in [-0.2, -0.15) is 13.2 Å². The van der Waals surface area contributed by atoms with Crippen molar-refractivity contribution >= 4 is 46.7 Å². The summed E-state index contributed by atoms with van der Waals surface area (Å²) in [6, 6.07) is -0.351. The molecule has 0 unspecified atom stereocenters. The van der Waals surface area contributed by atoms with Crippen molar-refractivity contribution < 1.29 is 32.6 Å². The Morgan fingerprint density at radius 1 is 1.29 bits per heavy atom. The van der Waals surface area contributed by atoms with Crippen molar-refractivity contribution in [2.75, 3.05) is 13.2 Å². The minimum absolute atomic E-state index is 0.227. The Kier molecular flexibility index (Phi) is 8.64. The van der Waals surface area contributed by atoms with Crippen molar-refractivity contribution in [1.29, 1.82) is 0 Å². The Morgan fingerprint density at radius 2 is 1.81 bits per heavy atom. The number of ether oxygens (including phenoxy) is 1. The lowest BCUT2D eigenvalue weighted by molar-refractivity contribution is -0.192. The van der Waals surface area contributed by atoms with Crippen molar-refractivity contribution in [3.63, 3.8) is 0 Å². The predicted octanol–water partition coefficient (Wildman–Crippen LogP) is 1.79. The molecular weight excluding hydrogens is 363 g/mol. The lowest BCUT2D eigenvalue weighted by atomic mass is 10.1. The second-order valence-corrected chi connectivity index (χ2v) is 6.31. The first-order valence-corrected chi connectivity index (χ1v) is 6.59. The Bertz CT molecular complexity index is 357. The third-order valence-electron chi connectivity index (χ3n) is 1.98. The molecule has 1 atom stereocenters. The molecule has 1 aliphatic heterocycles. The van der Waals surface area contributed by atoms with Gasteiger partial charge < -0.3 is 9.84 Å². The SMILES string of the molecule is O=C(O)C(F)(F)F.O=C(OCC(Cl)(Cl)Cl)[C@@H]1CCCNN1. The molecule has 6 nitrogen and oxygen atoms in total. The van der Waals surface area contributed by atoms with E-state index in [2.05, 4.69) is 10.9 Å². The van der Waals surface area contributed by atoms with Crippen molar-refractivity contribution in [3.8, 4) is 0 Å². The van der Waals surface area contributed by atoms with Gasteiger partial charge in [0.25, 0.3) is 0 Å². The van der Waals surface area contributed by atoms with Gasteiger partial charge in [-0.15, -0.1) is 0 Å². The lowest BCUT2D eigenvalue weighted by Crippen LogP contribution is -2.50.